The molecular formula is C18H30N4. The lowest BCUT2D eigenvalue weighted by Crippen LogP contribution is -2.45. The molecule has 0 unspecified atom stereocenters. The molecule has 3 rings (SSSR count). The van der Waals surface area contributed by atoms with Crippen LogP contribution in [0, 0.1) is 5.92 Å². The van der Waals surface area contributed by atoms with E-state index in [-0.39, 0.29) is 0 Å². The molecule has 3 heterocycles. The fourth-order valence-electron chi connectivity index (χ4n) is 3.82. The minimum atomic E-state index is 0.561. The van der Waals surface area contributed by atoms with E-state index in [0.29, 0.717) is 6.04 Å². The van der Waals surface area contributed by atoms with Crippen molar-refractivity contribution in [1.82, 2.24) is 14.8 Å². The highest BCUT2D eigenvalue weighted by Gasteiger charge is 2.30. The predicted molar refractivity (Wildman–Crippen MR) is 92.3 cm³/mol. The fraction of sp³-hybridized carbons (Fsp3) is 0.722. The number of nitrogens with zero attached hydrogens (tertiary/aromatic N) is 4. The van der Waals surface area contributed by atoms with Gasteiger partial charge >= 0.3 is 0 Å². The summed E-state index contributed by atoms with van der Waals surface area (Å²) < 4.78 is 0. The van der Waals surface area contributed by atoms with E-state index in [0.717, 1.165) is 32.1 Å². The van der Waals surface area contributed by atoms with Crippen LogP contribution >= 0.6 is 0 Å². The third kappa shape index (κ3) is 3.44. The quantitative estimate of drug-likeness (QED) is 0.853. The number of hydrogen-bond acceptors (Lipinski definition) is 4. The normalized spacial score (nSPS) is 24.4. The van der Waals surface area contributed by atoms with Crippen LogP contribution < -0.4 is 4.90 Å². The Morgan fingerprint density at radius 2 is 1.95 bits per heavy atom. The molecule has 122 valence electrons. The van der Waals surface area contributed by atoms with Gasteiger partial charge in [-0.15, -0.1) is 0 Å². The molecule has 2 aliphatic rings. The van der Waals surface area contributed by atoms with E-state index in [2.05, 4.69) is 47.7 Å². The summed E-state index contributed by atoms with van der Waals surface area (Å²) in [5, 5.41) is 0. The second-order valence-electron chi connectivity index (χ2n) is 7.25. The molecule has 22 heavy (non-hydrogen) atoms. The maximum Gasteiger partial charge on any atom is 0.133 e. The molecule has 0 amide bonds. The van der Waals surface area contributed by atoms with Gasteiger partial charge in [0.2, 0.25) is 0 Å². The van der Waals surface area contributed by atoms with Crippen molar-refractivity contribution in [3.05, 3.63) is 23.9 Å². The predicted octanol–water partition coefficient (Wildman–Crippen LogP) is 2.63. The Morgan fingerprint density at radius 3 is 2.68 bits per heavy atom. The summed E-state index contributed by atoms with van der Waals surface area (Å²) in [5.41, 5.74) is 1.45. The lowest BCUT2D eigenvalue weighted by Gasteiger charge is -2.36. The van der Waals surface area contributed by atoms with Crippen LogP contribution in [0.5, 0.6) is 0 Å². The van der Waals surface area contributed by atoms with Crippen LogP contribution in [0.15, 0.2) is 18.3 Å². The van der Waals surface area contributed by atoms with Crippen molar-refractivity contribution in [2.75, 3.05) is 51.2 Å². The first kappa shape index (κ1) is 15.8. The van der Waals surface area contributed by atoms with Crippen LogP contribution in [0.4, 0.5) is 5.82 Å². The van der Waals surface area contributed by atoms with E-state index in [1.54, 1.807) is 0 Å². The van der Waals surface area contributed by atoms with Crippen molar-refractivity contribution in [1.29, 1.82) is 0 Å². The summed E-state index contributed by atoms with van der Waals surface area (Å²) >= 11 is 0. The number of aromatic nitrogens is 1. The standard InChI is InChI=1S/C18H30N4/c1-15(2)14-22-9-5-7-17(22)16-6-4-8-19-18(16)21-12-10-20(3)11-13-21/h4,6,8,15,17H,5,7,9-14H2,1-3H3/t17-/m0/s1. The first-order valence-electron chi connectivity index (χ1n) is 8.77. The molecular weight excluding hydrogens is 272 g/mol. The zero-order valence-electron chi connectivity index (χ0n) is 14.3. The van der Waals surface area contributed by atoms with Crippen molar-refractivity contribution in [3.8, 4) is 0 Å². The number of piperazine rings is 1. The average Bonchev–Trinajstić information content (AvgIpc) is 2.95. The van der Waals surface area contributed by atoms with E-state index in [9.17, 15) is 0 Å². The molecule has 0 bridgehead atoms. The molecule has 1 aromatic rings. The van der Waals surface area contributed by atoms with Gasteiger partial charge in [0.05, 0.1) is 0 Å². The second kappa shape index (κ2) is 6.97. The zero-order valence-corrected chi connectivity index (χ0v) is 14.3. The summed E-state index contributed by atoms with van der Waals surface area (Å²) in [7, 11) is 2.21. The minimum absolute atomic E-state index is 0.561. The van der Waals surface area contributed by atoms with Gasteiger partial charge in [-0.2, -0.15) is 0 Å². The topological polar surface area (TPSA) is 22.6 Å². The highest BCUT2D eigenvalue weighted by Crippen LogP contribution is 2.36. The summed E-state index contributed by atoms with van der Waals surface area (Å²) in [6, 6.07) is 4.98. The molecule has 0 saturated carbocycles. The van der Waals surface area contributed by atoms with Crippen molar-refractivity contribution in [2.24, 2.45) is 5.92 Å². The van der Waals surface area contributed by atoms with Gasteiger partial charge in [0, 0.05) is 50.5 Å². The Bertz CT molecular complexity index is 480. The average molecular weight is 302 g/mol. The SMILES string of the molecule is CC(C)CN1CCC[C@H]1c1cccnc1N1CCN(C)CC1. The van der Waals surface area contributed by atoms with Gasteiger partial charge in [-0.1, -0.05) is 19.9 Å². The molecule has 0 aromatic carbocycles. The minimum Gasteiger partial charge on any atom is -0.354 e. The van der Waals surface area contributed by atoms with Crippen LogP contribution in [0.2, 0.25) is 0 Å². The maximum atomic E-state index is 4.77. The molecule has 1 aromatic heterocycles. The first-order chi connectivity index (χ1) is 10.6. The van der Waals surface area contributed by atoms with Gasteiger partial charge in [0.25, 0.3) is 0 Å². The largest absolute Gasteiger partial charge is 0.354 e. The molecule has 0 aliphatic carbocycles. The molecule has 2 fully saturated rings. The van der Waals surface area contributed by atoms with Crippen LogP contribution in [0.1, 0.15) is 38.3 Å². The Balaban J connectivity index is 1.81. The molecule has 4 nitrogen and oxygen atoms in total. The highest BCUT2D eigenvalue weighted by atomic mass is 15.3. The Labute approximate surface area is 135 Å². The Morgan fingerprint density at radius 1 is 1.18 bits per heavy atom. The van der Waals surface area contributed by atoms with Crippen LogP contribution in [-0.2, 0) is 0 Å². The van der Waals surface area contributed by atoms with Gasteiger partial charge in [-0.25, -0.2) is 4.98 Å². The van der Waals surface area contributed by atoms with E-state index in [1.807, 2.05) is 6.20 Å². The number of likely N-dealkylation sites (N-methyl/N-ethyl adjacent to an activating group) is 1. The molecule has 2 saturated heterocycles. The van der Waals surface area contributed by atoms with Crippen molar-refractivity contribution < 1.29 is 0 Å². The first-order valence-corrected chi connectivity index (χ1v) is 8.77. The number of likely N-dealkylation sites (tertiary alicyclic amines) is 1. The van der Waals surface area contributed by atoms with E-state index in [1.165, 1.54) is 37.3 Å². The maximum absolute atomic E-state index is 4.77. The number of rotatable bonds is 4. The van der Waals surface area contributed by atoms with Crippen LogP contribution in [-0.4, -0.2) is 61.1 Å². The van der Waals surface area contributed by atoms with Gasteiger partial charge in [0.1, 0.15) is 5.82 Å². The molecule has 0 spiro atoms. The monoisotopic (exact) mass is 302 g/mol. The molecule has 0 N–H and O–H groups in total. The number of pyridine rings is 1. The van der Waals surface area contributed by atoms with Crippen LogP contribution in [0.25, 0.3) is 0 Å². The van der Waals surface area contributed by atoms with Crippen molar-refractivity contribution in [3.63, 3.8) is 0 Å². The zero-order chi connectivity index (χ0) is 15.5. The Hall–Kier alpha value is -1.13. The molecule has 1 atom stereocenters. The van der Waals surface area contributed by atoms with Gasteiger partial charge in [-0.05, 0) is 38.4 Å². The van der Waals surface area contributed by atoms with Gasteiger partial charge in [0.15, 0.2) is 0 Å². The fourth-order valence-corrected chi connectivity index (χ4v) is 3.82. The van der Waals surface area contributed by atoms with Crippen LogP contribution in [0.3, 0.4) is 0 Å². The molecule has 4 heteroatoms. The summed E-state index contributed by atoms with van der Waals surface area (Å²) in [6.45, 7) is 11.5. The molecule has 0 radical (unpaired) electrons. The lowest BCUT2D eigenvalue weighted by molar-refractivity contribution is 0.228. The smallest absolute Gasteiger partial charge is 0.133 e. The van der Waals surface area contributed by atoms with E-state index < -0.39 is 0 Å². The summed E-state index contributed by atoms with van der Waals surface area (Å²) in [4.78, 5) is 12.3. The van der Waals surface area contributed by atoms with Gasteiger partial charge < -0.3 is 9.80 Å². The third-order valence-electron chi connectivity index (χ3n) is 4.94. The highest BCUT2D eigenvalue weighted by molar-refractivity contribution is 5.49. The van der Waals surface area contributed by atoms with Crippen molar-refractivity contribution >= 4 is 5.82 Å². The number of anilines is 1. The Kier molecular flexibility index (Phi) is 4.99. The molecule has 2 aliphatic heterocycles. The second-order valence-corrected chi connectivity index (χ2v) is 7.25. The lowest BCUT2D eigenvalue weighted by atomic mass is 10.0. The summed E-state index contributed by atoms with van der Waals surface area (Å²) in [5.74, 6) is 1.96. The number of hydrogen-bond donors (Lipinski definition) is 0. The van der Waals surface area contributed by atoms with Crippen molar-refractivity contribution in [2.45, 2.75) is 32.7 Å². The van der Waals surface area contributed by atoms with E-state index in [4.69, 9.17) is 4.98 Å². The summed E-state index contributed by atoms with van der Waals surface area (Å²) in [6.07, 6.45) is 4.55. The van der Waals surface area contributed by atoms with Gasteiger partial charge in [-0.3, -0.25) is 4.90 Å². The third-order valence-corrected chi connectivity index (χ3v) is 4.94. The van der Waals surface area contributed by atoms with E-state index >= 15 is 0 Å².